The molecule has 1 atom stereocenters. The number of amides is 4. The van der Waals surface area contributed by atoms with Crippen LogP contribution in [-0.4, -0.2) is 47.8 Å². The standard InChI is InChI=1S/C15H15I3N4O6/c1-4(23)21-12-10(17)7(13(25)20-2)9(16)8(11(12)18)14(26)22-5(15(27)28)3-6(19)24/h5H,3H2,1-2H3,(H2,19,24)(H,20,25)(H,21,23)(H,22,26)(H,27,28). The van der Waals surface area contributed by atoms with Crippen LogP contribution in [-0.2, 0) is 14.4 Å². The number of halogens is 3. The summed E-state index contributed by atoms with van der Waals surface area (Å²) in [7, 11) is 1.41. The molecule has 0 aliphatic carbocycles. The van der Waals surface area contributed by atoms with Gasteiger partial charge in [0, 0.05) is 17.5 Å². The maximum Gasteiger partial charge on any atom is 0.326 e. The largest absolute Gasteiger partial charge is 0.480 e. The molecule has 1 aromatic carbocycles. The first-order valence-electron chi connectivity index (χ1n) is 7.44. The molecule has 1 unspecified atom stereocenters. The van der Waals surface area contributed by atoms with Crippen LogP contribution in [0, 0.1) is 10.7 Å². The van der Waals surface area contributed by atoms with Gasteiger partial charge in [-0.3, -0.25) is 19.2 Å². The molecule has 0 saturated carbocycles. The maximum atomic E-state index is 12.8. The van der Waals surface area contributed by atoms with Gasteiger partial charge in [0.05, 0.1) is 30.4 Å². The number of carbonyl (C=O) groups is 5. The van der Waals surface area contributed by atoms with Gasteiger partial charge in [0.2, 0.25) is 11.8 Å². The minimum atomic E-state index is -1.54. The Morgan fingerprint density at radius 3 is 1.89 bits per heavy atom. The highest BCUT2D eigenvalue weighted by atomic mass is 127. The highest BCUT2D eigenvalue weighted by molar-refractivity contribution is 14.1. The van der Waals surface area contributed by atoms with Gasteiger partial charge in [-0.05, 0) is 67.8 Å². The molecule has 0 fully saturated rings. The lowest BCUT2D eigenvalue weighted by molar-refractivity contribution is -0.140. The maximum absolute atomic E-state index is 12.8. The Morgan fingerprint density at radius 2 is 1.50 bits per heavy atom. The second-order valence-electron chi connectivity index (χ2n) is 5.36. The molecule has 13 heteroatoms. The summed E-state index contributed by atoms with van der Waals surface area (Å²) in [6.07, 6.45) is -0.598. The highest BCUT2D eigenvalue weighted by Gasteiger charge is 2.30. The fourth-order valence-electron chi connectivity index (χ4n) is 2.11. The van der Waals surface area contributed by atoms with E-state index in [1.807, 2.05) is 45.2 Å². The lowest BCUT2D eigenvalue weighted by Gasteiger charge is -2.20. The third kappa shape index (κ3) is 5.88. The molecule has 0 bridgehead atoms. The Balaban J connectivity index is 3.61. The Kier molecular flexibility index (Phi) is 9.31. The lowest BCUT2D eigenvalue weighted by Crippen LogP contribution is -2.44. The molecule has 152 valence electrons. The smallest absolute Gasteiger partial charge is 0.326 e. The Labute approximate surface area is 200 Å². The van der Waals surface area contributed by atoms with E-state index in [1.165, 1.54) is 14.0 Å². The zero-order valence-corrected chi connectivity index (χ0v) is 21.0. The van der Waals surface area contributed by atoms with Gasteiger partial charge in [-0.25, -0.2) is 4.79 Å². The van der Waals surface area contributed by atoms with E-state index in [-0.39, 0.29) is 20.4 Å². The van der Waals surface area contributed by atoms with Crippen molar-refractivity contribution in [1.82, 2.24) is 10.6 Å². The van der Waals surface area contributed by atoms with Gasteiger partial charge in [0.15, 0.2) is 0 Å². The summed E-state index contributed by atoms with van der Waals surface area (Å²) in [5, 5.41) is 16.5. The minimum Gasteiger partial charge on any atom is -0.480 e. The molecule has 1 aromatic rings. The number of nitrogens with two attached hydrogens (primary N) is 1. The topological polar surface area (TPSA) is 168 Å². The van der Waals surface area contributed by atoms with E-state index in [9.17, 15) is 29.1 Å². The first-order valence-corrected chi connectivity index (χ1v) is 10.7. The van der Waals surface area contributed by atoms with Gasteiger partial charge in [-0.1, -0.05) is 0 Å². The molecule has 0 aliphatic heterocycles. The quantitative estimate of drug-likeness (QED) is 0.262. The summed E-state index contributed by atoms with van der Waals surface area (Å²) >= 11 is 5.51. The van der Waals surface area contributed by atoms with Crippen molar-refractivity contribution in [3.63, 3.8) is 0 Å². The number of anilines is 1. The van der Waals surface area contributed by atoms with Gasteiger partial charge >= 0.3 is 5.97 Å². The van der Waals surface area contributed by atoms with Crippen LogP contribution in [0.25, 0.3) is 0 Å². The van der Waals surface area contributed by atoms with Crippen molar-refractivity contribution in [3.05, 3.63) is 21.8 Å². The van der Waals surface area contributed by atoms with Crippen LogP contribution >= 0.6 is 67.8 Å². The van der Waals surface area contributed by atoms with Gasteiger partial charge in [-0.15, -0.1) is 0 Å². The van der Waals surface area contributed by atoms with E-state index < -0.39 is 42.1 Å². The van der Waals surface area contributed by atoms with Crippen LogP contribution in [0.4, 0.5) is 5.69 Å². The van der Waals surface area contributed by atoms with Crippen molar-refractivity contribution in [2.45, 2.75) is 19.4 Å². The summed E-state index contributed by atoms with van der Waals surface area (Å²) in [5.74, 6) is -4.06. The van der Waals surface area contributed by atoms with Gasteiger partial charge < -0.3 is 26.8 Å². The highest BCUT2D eigenvalue weighted by Crippen LogP contribution is 2.35. The second-order valence-corrected chi connectivity index (χ2v) is 8.60. The summed E-state index contributed by atoms with van der Waals surface area (Å²) < 4.78 is 1.000. The van der Waals surface area contributed by atoms with E-state index in [4.69, 9.17) is 5.73 Å². The molecular formula is C15H15I3N4O6. The normalized spacial score (nSPS) is 11.3. The van der Waals surface area contributed by atoms with Crippen LogP contribution in [0.3, 0.4) is 0 Å². The predicted molar refractivity (Wildman–Crippen MR) is 125 cm³/mol. The number of carboxylic acids is 1. The van der Waals surface area contributed by atoms with Gasteiger partial charge in [0.25, 0.3) is 11.8 Å². The average molecular weight is 728 g/mol. The SMILES string of the molecule is CNC(=O)c1c(I)c(NC(C)=O)c(I)c(C(=O)NC(CC(N)=O)C(=O)O)c1I. The van der Waals surface area contributed by atoms with E-state index in [2.05, 4.69) is 16.0 Å². The van der Waals surface area contributed by atoms with Crippen molar-refractivity contribution in [2.24, 2.45) is 5.73 Å². The van der Waals surface area contributed by atoms with Crippen LogP contribution < -0.4 is 21.7 Å². The molecule has 0 radical (unpaired) electrons. The monoisotopic (exact) mass is 728 g/mol. The number of hydrogen-bond donors (Lipinski definition) is 5. The second kappa shape index (κ2) is 10.5. The summed E-state index contributed by atoms with van der Waals surface area (Å²) in [6, 6.07) is -1.54. The number of aliphatic carboxylic acids is 1. The zero-order chi connectivity index (χ0) is 21.8. The van der Waals surface area contributed by atoms with Crippen molar-refractivity contribution >= 4 is 103 Å². The lowest BCUT2D eigenvalue weighted by atomic mass is 10.1. The molecule has 0 saturated heterocycles. The van der Waals surface area contributed by atoms with Crippen LogP contribution in [0.15, 0.2) is 0 Å². The average Bonchev–Trinajstić information content (AvgIpc) is 2.57. The van der Waals surface area contributed by atoms with Crippen molar-refractivity contribution in [3.8, 4) is 0 Å². The number of carboxylic acid groups (broad SMARTS) is 1. The van der Waals surface area contributed by atoms with E-state index in [0.29, 0.717) is 7.14 Å². The van der Waals surface area contributed by atoms with Crippen LogP contribution in [0.1, 0.15) is 34.1 Å². The molecule has 4 amide bonds. The molecule has 0 heterocycles. The molecule has 0 aliphatic rings. The number of primary amides is 1. The first-order chi connectivity index (χ1) is 12.9. The summed E-state index contributed by atoms with van der Waals surface area (Å²) in [4.78, 5) is 59.1. The Morgan fingerprint density at radius 1 is 1.00 bits per heavy atom. The van der Waals surface area contributed by atoms with E-state index >= 15 is 0 Å². The van der Waals surface area contributed by atoms with Crippen molar-refractivity contribution < 1.29 is 29.1 Å². The zero-order valence-electron chi connectivity index (χ0n) is 14.5. The molecule has 0 spiro atoms. The molecule has 1 rings (SSSR count). The molecule has 6 N–H and O–H groups in total. The van der Waals surface area contributed by atoms with E-state index in [0.717, 1.165) is 0 Å². The predicted octanol–water partition coefficient (Wildman–Crippen LogP) is 0.877. The van der Waals surface area contributed by atoms with Crippen LogP contribution in [0.5, 0.6) is 0 Å². The molecular weight excluding hydrogens is 713 g/mol. The first kappa shape index (κ1) is 24.8. The molecule has 28 heavy (non-hydrogen) atoms. The fraction of sp³-hybridized carbons (Fsp3) is 0.267. The fourth-order valence-corrected chi connectivity index (χ4v) is 6.52. The molecule has 10 nitrogen and oxygen atoms in total. The third-order valence-corrected chi connectivity index (χ3v) is 6.54. The number of rotatable bonds is 7. The number of hydrogen-bond acceptors (Lipinski definition) is 5. The minimum absolute atomic E-state index is 0.000290. The Hall–Kier alpha value is -1.24. The summed E-state index contributed by atoms with van der Waals surface area (Å²) in [6.45, 7) is 1.27. The van der Waals surface area contributed by atoms with E-state index in [1.54, 1.807) is 22.6 Å². The number of nitrogens with one attached hydrogen (secondary N) is 3. The molecule has 0 aromatic heterocycles. The van der Waals surface area contributed by atoms with Crippen LogP contribution in [0.2, 0.25) is 0 Å². The van der Waals surface area contributed by atoms with Crippen molar-refractivity contribution in [2.75, 3.05) is 12.4 Å². The third-order valence-electron chi connectivity index (χ3n) is 3.31. The van der Waals surface area contributed by atoms with Gasteiger partial charge in [0.1, 0.15) is 6.04 Å². The number of carbonyl (C=O) groups excluding carboxylic acids is 4. The van der Waals surface area contributed by atoms with Gasteiger partial charge in [-0.2, -0.15) is 0 Å². The Bertz CT molecular complexity index is 874. The summed E-state index contributed by atoms with van der Waals surface area (Å²) in [5.41, 5.74) is 5.43. The van der Waals surface area contributed by atoms with Crippen molar-refractivity contribution in [1.29, 1.82) is 0 Å². The number of benzene rings is 1.